The van der Waals surface area contributed by atoms with Crippen molar-refractivity contribution in [1.82, 2.24) is 10.2 Å². The van der Waals surface area contributed by atoms with Crippen LogP contribution in [0.3, 0.4) is 0 Å². The molecule has 6 heteroatoms. The van der Waals surface area contributed by atoms with Gasteiger partial charge in [0.05, 0.1) is 0 Å². The minimum absolute atomic E-state index is 0.111. The van der Waals surface area contributed by atoms with Crippen LogP contribution < -0.4 is 15.0 Å². The Balaban J connectivity index is 1.20. The van der Waals surface area contributed by atoms with Gasteiger partial charge in [-0.15, -0.1) is 0 Å². The van der Waals surface area contributed by atoms with Gasteiger partial charge in [0.15, 0.2) is 0 Å². The number of amides is 1. The molecule has 1 N–H and O–H groups in total. The van der Waals surface area contributed by atoms with Gasteiger partial charge >= 0.3 is 0 Å². The maximum atomic E-state index is 13.0. The lowest BCUT2D eigenvalue weighted by molar-refractivity contribution is 0.0947. The number of ether oxygens (including phenoxy) is 1. The van der Waals surface area contributed by atoms with E-state index in [1.807, 2.05) is 12.1 Å². The molecule has 0 unspecified atom stereocenters. The lowest BCUT2D eigenvalue weighted by atomic mass is 10.2. The fourth-order valence-corrected chi connectivity index (χ4v) is 3.77. The van der Waals surface area contributed by atoms with E-state index in [0.29, 0.717) is 24.5 Å². The van der Waals surface area contributed by atoms with Crippen LogP contribution in [-0.2, 0) is 6.61 Å². The maximum Gasteiger partial charge on any atom is 0.251 e. The summed E-state index contributed by atoms with van der Waals surface area (Å²) in [6.07, 6.45) is 0. The van der Waals surface area contributed by atoms with Gasteiger partial charge in [0, 0.05) is 50.5 Å². The summed E-state index contributed by atoms with van der Waals surface area (Å²) in [6, 6.07) is 23.8. The van der Waals surface area contributed by atoms with Gasteiger partial charge in [-0.05, 0) is 48.0 Å². The minimum atomic E-state index is -0.273. The first-order valence-electron chi connectivity index (χ1n) is 11.0. The molecule has 4 rings (SSSR count). The standard InChI is InChI=1S/C26H28FN3O2/c27-23-11-9-21(10-12-23)20-32-25-8-4-5-22(19-25)26(31)28-13-14-29-15-17-30(18-16-29)24-6-2-1-3-7-24/h1-12,19H,13-18,20H2,(H,28,31). The first-order chi connectivity index (χ1) is 15.7. The molecule has 0 bridgehead atoms. The van der Waals surface area contributed by atoms with Gasteiger partial charge in [-0.25, -0.2) is 4.39 Å². The average Bonchev–Trinajstić information content (AvgIpc) is 2.85. The Bertz CT molecular complexity index is 1000. The number of carbonyl (C=O) groups is 1. The number of hydrogen-bond donors (Lipinski definition) is 1. The van der Waals surface area contributed by atoms with E-state index in [-0.39, 0.29) is 11.7 Å². The SMILES string of the molecule is O=C(NCCN1CCN(c2ccccc2)CC1)c1cccc(OCc2ccc(F)cc2)c1. The van der Waals surface area contributed by atoms with E-state index in [1.165, 1.54) is 17.8 Å². The lowest BCUT2D eigenvalue weighted by Crippen LogP contribution is -2.48. The third-order valence-corrected chi connectivity index (χ3v) is 5.62. The summed E-state index contributed by atoms with van der Waals surface area (Å²) < 4.78 is 18.8. The van der Waals surface area contributed by atoms with E-state index in [2.05, 4.69) is 39.4 Å². The Labute approximate surface area is 188 Å². The monoisotopic (exact) mass is 433 g/mol. The van der Waals surface area contributed by atoms with Crippen molar-refractivity contribution in [2.75, 3.05) is 44.2 Å². The smallest absolute Gasteiger partial charge is 0.251 e. The number of piperazine rings is 1. The highest BCUT2D eigenvalue weighted by Crippen LogP contribution is 2.17. The number of nitrogens with one attached hydrogen (secondary N) is 1. The quantitative estimate of drug-likeness (QED) is 0.584. The Morgan fingerprint density at radius 3 is 2.41 bits per heavy atom. The highest BCUT2D eigenvalue weighted by molar-refractivity contribution is 5.94. The number of benzene rings is 3. The second-order valence-corrected chi connectivity index (χ2v) is 7.86. The molecule has 0 radical (unpaired) electrons. The molecular weight excluding hydrogens is 405 g/mol. The third-order valence-electron chi connectivity index (χ3n) is 5.62. The second-order valence-electron chi connectivity index (χ2n) is 7.86. The Morgan fingerprint density at radius 2 is 1.66 bits per heavy atom. The molecule has 0 aliphatic carbocycles. The highest BCUT2D eigenvalue weighted by Gasteiger charge is 2.17. The van der Waals surface area contributed by atoms with Gasteiger partial charge < -0.3 is 15.0 Å². The molecule has 0 spiro atoms. The average molecular weight is 434 g/mol. The van der Waals surface area contributed by atoms with Gasteiger partial charge in [0.2, 0.25) is 0 Å². The number of halogens is 1. The van der Waals surface area contributed by atoms with Crippen molar-refractivity contribution in [3.05, 3.63) is 95.8 Å². The maximum absolute atomic E-state index is 13.0. The summed E-state index contributed by atoms with van der Waals surface area (Å²) in [7, 11) is 0. The van der Waals surface area contributed by atoms with Crippen molar-refractivity contribution in [3.8, 4) is 5.75 Å². The predicted octanol–water partition coefficient (Wildman–Crippen LogP) is 3.96. The Morgan fingerprint density at radius 1 is 0.906 bits per heavy atom. The Hall–Kier alpha value is -3.38. The molecule has 1 fully saturated rings. The number of rotatable bonds is 8. The molecule has 1 aliphatic heterocycles. The second kappa shape index (κ2) is 10.8. The fourth-order valence-electron chi connectivity index (χ4n) is 3.77. The first-order valence-corrected chi connectivity index (χ1v) is 11.0. The Kier molecular flexibility index (Phi) is 7.35. The highest BCUT2D eigenvalue weighted by atomic mass is 19.1. The molecule has 0 atom stereocenters. The van der Waals surface area contributed by atoms with E-state index in [9.17, 15) is 9.18 Å². The molecule has 1 heterocycles. The van der Waals surface area contributed by atoms with Crippen LogP contribution >= 0.6 is 0 Å². The van der Waals surface area contributed by atoms with Crippen molar-refractivity contribution in [3.63, 3.8) is 0 Å². The van der Waals surface area contributed by atoms with E-state index in [4.69, 9.17) is 4.74 Å². The number of anilines is 1. The van der Waals surface area contributed by atoms with Crippen molar-refractivity contribution in [2.24, 2.45) is 0 Å². The molecule has 0 saturated carbocycles. The van der Waals surface area contributed by atoms with Crippen molar-refractivity contribution >= 4 is 11.6 Å². The number of nitrogens with zero attached hydrogens (tertiary/aromatic N) is 2. The fraction of sp³-hybridized carbons (Fsp3) is 0.269. The zero-order chi connectivity index (χ0) is 22.2. The van der Waals surface area contributed by atoms with Crippen LogP contribution in [0.4, 0.5) is 10.1 Å². The summed E-state index contributed by atoms with van der Waals surface area (Å²) in [5.41, 5.74) is 2.70. The predicted molar refractivity (Wildman–Crippen MR) is 125 cm³/mol. The lowest BCUT2D eigenvalue weighted by Gasteiger charge is -2.36. The summed E-state index contributed by atoms with van der Waals surface area (Å²) >= 11 is 0. The van der Waals surface area contributed by atoms with Crippen LogP contribution in [0.5, 0.6) is 5.75 Å². The van der Waals surface area contributed by atoms with E-state index in [0.717, 1.165) is 38.3 Å². The minimum Gasteiger partial charge on any atom is -0.489 e. The molecule has 1 amide bonds. The zero-order valence-electron chi connectivity index (χ0n) is 18.0. The molecule has 3 aromatic rings. The topological polar surface area (TPSA) is 44.8 Å². The summed E-state index contributed by atoms with van der Waals surface area (Å²) in [5.74, 6) is 0.227. The van der Waals surface area contributed by atoms with Crippen LogP contribution in [0, 0.1) is 5.82 Å². The molecule has 166 valence electrons. The van der Waals surface area contributed by atoms with E-state index >= 15 is 0 Å². The van der Waals surface area contributed by atoms with Gasteiger partial charge in [-0.1, -0.05) is 36.4 Å². The van der Waals surface area contributed by atoms with Gasteiger partial charge in [-0.2, -0.15) is 0 Å². The largest absolute Gasteiger partial charge is 0.489 e. The van der Waals surface area contributed by atoms with Crippen molar-refractivity contribution in [2.45, 2.75) is 6.61 Å². The number of carbonyl (C=O) groups excluding carboxylic acids is 1. The van der Waals surface area contributed by atoms with Crippen LogP contribution in [-0.4, -0.2) is 50.1 Å². The summed E-state index contributed by atoms with van der Waals surface area (Å²) in [5, 5.41) is 3.00. The number of para-hydroxylation sites is 1. The summed E-state index contributed by atoms with van der Waals surface area (Å²) in [6.45, 7) is 5.70. The van der Waals surface area contributed by atoms with Gasteiger partial charge in [0.25, 0.3) is 5.91 Å². The van der Waals surface area contributed by atoms with Crippen LogP contribution in [0.25, 0.3) is 0 Å². The summed E-state index contributed by atoms with van der Waals surface area (Å²) in [4.78, 5) is 17.3. The van der Waals surface area contributed by atoms with Crippen LogP contribution in [0.1, 0.15) is 15.9 Å². The molecular formula is C26H28FN3O2. The molecule has 3 aromatic carbocycles. The normalized spacial score (nSPS) is 14.2. The van der Waals surface area contributed by atoms with Crippen LogP contribution in [0.2, 0.25) is 0 Å². The molecule has 1 aliphatic rings. The molecule has 5 nitrogen and oxygen atoms in total. The zero-order valence-corrected chi connectivity index (χ0v) is 18.0. The van der Waals surface area contributed by atoms with E-state index in [1.54, 1.807) is 30.3 Å². The van der Waals surface area contributed by atoms with Gasteiger partial charge in [0.1, 0.15) is 18.2 Å². The third kappa shape index (κ3) is 6.08. The van der Waals surface area contributed by atoms with Crippen molar-refractivity contribution in [1.29, 1.82) is 0 Å². The number of hydrogen-bond acceptors (Lipinski definition) is 4. The van der Waals surface area contributed by atoms with Gasteiger partial charge in [-0.3, -0.25) is 9.69 Å². The molecule has 32 heavy (non-hydrogen) atoms. The van der Waals surface area contributed by atoms with Crippen LogP contribution in [0.15, 0.2) is 78.9 Å². The molecule has 1 saturated heterocycles. The van der Waals surface area contributed by atoms with Crippen molar-refractivity contribution < 1.29 is 13.9 Å². The van der Waals surface area contributed by atoms with E-state index < -0.39 is 0 Å². The first kappa shape index (κ1) is 21.8. The molecule has 0 aromatic heterocycles.